The summed E-state index contributed by atoms with van der Waals surface area (Å²) in [5, 5.41) is 10.3. The molecule has 2 aromatic carbocycles. The van der Waals surface area contributed by atoms with Gasteiger partial charge in [0, 0.05) is 5.02 Å². The topological polar surface area (TPSA) is 65.3 Å². The Hall–Kier alpha value is -2.73. The summed E-state index contributed by atoms with van der Waals surface area (Å²) < 4.78 is 0. The summed E-state index contributed by atoms with van der Waals surface area (Å²) in [6.45, 7) is 4.31. The van der Waals surface area contributed by atoms with Crippen molar-refractivity contribution in [3.8, 4) is 0 Å². The van der Waals surface area contributed by atoms with Gasteiger partial charge in [0.25, 0.3) is 11.8 Å². The summed E-state index contributed by atoms with van der Waals surface area (Å²) in [4.78, 5) is 27.0. The first kappa shape index (κ1) is 16.7. The molecule has 2 amide bonds. The fraction of sp³-hybridized carbons (Fsp3) is 0.263. The lowest BCUT2D eigenvalue weighted by Gasteiger charge is -2.21. The summed E-state index contributed by atoms with van der Waals surface area (Å²) in [6, 6.07) is 11.4. The zero-order valence-electron chi connectivity index (χ0n) is 14.4. The molecule has 0 unspecified atom stereocenters. The van der Waals surface area contributed by atoms with Crippen LogP contribution in [0, 0.1) is 13.8 Å². The molecular formula is C19H17ClN4O2. The van der Waals surface area contributed by atoms with Gasteiger partial charge in [0.15, 0.2) is 12.1 Å². The number of fused-ring (bicyclic) bond motifs is 1. The second-order valence-electron chi connectivity index (χ2n) is 6.60. The normalized spacial score (nSPS) is 21.7. The standard InChI is InChI=1S/C19H17ClN4O2/c1-11-6-7-15(8-12(11)2)24-18(25)16-17(19(24)26)23(22-21-16)10-13-4-3-5-14(20)9-13/h3-9,16-17H,10H2,1-2H3/t16-,17-/m1/s1. The van der Waals surface area contributed by atoms with Crippen LogP contribution >= 0.6 is 11.6 Å². The van der Waals surface area contributed by atoms with Gasteiger partial charge in [-0.3, -0.25) is 14.6 Å². The zero-order valence-corrected chi connectivity index (χ0v) is 15.1. The van der Waals surface area contributed by atoms with Crippen molar-refractivity contribution >= 4 is 29.1 Å². The van der Waals surface area contributed by atoms with Crippen molar-refractivity contribution in [3.63, 3.8) is 0 Å². The Morgan fingerprint density at radius 1 is 1.04 bits per heavy atom. The molecule has 2 heterocycles. The minimum absolute atomic E-state index is 0.296. The van der Waals surface area contributed by atoms with Crippen LogP contribution in [0.4, 0.5) is 5.69 Å². The van der Waals surface area contributed by atoms with Crippen LogP contribution in [-0.4, -0.2) is 28.9 Å². The summed E-state index contributed by atoms with van der Waals surface area (Å²) in [5.41, 5.74) is 3.62. The number of aryl methyl sites for hydroxylation is 2. The first-order chi connectivity index (χ1) is 12.5. The first-order valence-electron chi connectivity index (χ1n) is 8.32. The van der Waals surface area contributed by atoms with E-state index >= 15 is 0 Å². The zero-order chi connectivity index (χ0) is 18.4. The van der Waals surface area contributed by atoms with Crippen molar-refractivity contribution in [2.24, 2.45) is 10.3 Å². The number of nitrogens with zero attached hydrogens (tertiary/aromatic N) is 4. The van der Waals surface area contributed by atoms with E-state index in [0.717, 1.165) is 16.7 Å². The number of imide groups is 1. The molecule has 132 valence electrons. The second kappa shape index (κ2) is 6.21. The summed E-state index contributed by atoms with van der Waals surface area (Å²) >= 11 is 6.02. The fourth-order valence-corrected chi connectivity index (χ4v) is 3.51. The Morgan fingerprint density at radius 2 is 1.85 bits per heavy atom. The average molecular weight is 369 g/mol. The molecule has 0 N–H and O–H groups in total. The van der Waals surface area contributed by atoms with E-state index in [4.69, 9.17) is 11.6 Å². The van der Waals surface area contributed by atoms with Gasteiger partial charge in [0.2, 0.25) is 0 Å². The van der Waals surface area contributed by atoms with Crippen LogP contribution in [0.2, 0.25) is 5.02 Å². The van der Waals surface area contributed by atoms with Crippen molar-refractivity contribution in [2.75, 3.05) is 4.90 Å². The maximum Gasteiger partial charge on any atom is 0.263 e. The Morgan fingerprint density at radius 3 is 2.58 bits per heavy atom. The molecule has 0 aliphatic carbocycles. The highest BCUT2D eigenvalue weighted by Crippen LogP contribution is 2.33. The van der Waals surface area contributed by atoms with Crippen LogP contribution in [0.5, 0.6) is 0 Å². The third-order valence-corrected chi connectivity index (χ3v) is 5.08. The van der Waals surface area contributed by atoms with Gasteiger partial charge in [-0.05, 0) is 54.8 Å². The average Bonchev–Trinajstić information content (AvgIpc) is 3.11. The van der Waals surface area contributed by atoms with Gasteiger partial charge in [0.1, 0.15) is 0 Å². The molecule has 2 aliphatic heterocycles. The van der Waals surface area contributed by atoms with Crippen molar-refractivity contribution in [3.05, 3.63) is 64.2 Å². The Balaban J connectivity index is 1.62. The molecule has 0 spiro atoms. The summed E-state index contributed by atoms with van der Waals surface area (Å²) in [7, 11) is 0. The van der Waals surface area contributed by atoms with Gasteiger partial charge < -0.3 is 0 Å². The molecule has 4 rings (SSSR count). The van der Waals surface area contributed by atoms with Crippen LogP contribution in [-0.2, 0) is 16.1 Å². The van der Waals surface area contributed by atoms with Crippen molar-refractivity contribution in [2.45, 2.75) is 32.5 Å². The molecule has 2 aliphatic rings. The van der Waals surface area contributed by atoms with E-state index in [1.165, 1.54) is 4.90 Å². The highest BCUT2D eigenvalue weighted by Gasteiger charge is 2.54. The lowest BCUT2D eigenvalue weighted by Crippen LogP contribution is -2.39. The number of benzene rings is 2. The minimum atomic E-state index is -0.789. The fourth-order valence-electron chi connectivity index (χ4n) is 3.30. The molecule has 0 radical (unpaired) electrons. The maximum absolute atomic E-state index is 13.0. The lowest BCUT2D eigenvalue weighted by molar-refractivity contribution is -0.123. The van der Waals surface area contributed by atoms with Gasteiger partial charge in [-0.2, -0.15) is 5.11 Å². The quantitative estimate of drug-likeness (QED) is 0.779. The number of carbonyl (C=O) groups excluding carboxylic acids is 2. The number of hydrogen-bond acceptors (Lipinski definition) is 5. The van der Waals surface area contributed by atoms with E-state index in [1.807, 2.05) is 44.2 Å². The van der Waals surface area contributed by atoms with Gasteiger partial charge in [-0.15, -0.1) is 0 Å². The van der Waals surface area contributed by atoms with Gasteiger partial charge in [0.05, 0.1) is 12.2 Å². The summed E-state index contributed by atoms with van der Waals surface area (Å²) in [6.07, 6.45) is 0. The van der Waals surface area contributed by atoms with Crippen molar-refractivity contribution in [1.29, 1.82) is 0 Å². The van der Waals surface area contributed by atoms with E-state index in [-0.39, 0.29) is 11.8 Å². The van der Waals surface area contributed by atoms with Crippen LogP contribution in [0.3, 0.4) is 0 Å². The molecule has 6 nitrogen and oxygen atoms in total. The number of rotatable bonds is 3. The molecule has 0 saturated carbocycles. The third kappa shape index (κ3) is 2.66. The van der Waals surface area contributed by atoms with Gasteiger partial charge >= 0.3 is 0 Å². The van der Waals surface area contributed by atoms with Crippen molar-refractivity contribution in [1.82, 2.24) is 5.01 Å². The molecule has 1 fully saturated rings. The molecule has 1 saturated heterocycles. The predicted octanol–water partition coefficient (Wildman–Crippen LogP) is 3.45. The third-order valence-electron chi connectivity index (χ3n) is 4.84. The van der Waals surface area contributed by atoms with E-state index in [0.29, 0.717) is 17.3 Å². The minimum Gasteiger partial charge on any atom is -0.271 e. The number of carbonyl (C=O) groups is 2. The molecule has 26 heavy (non-hydrogen) atoms. The number of amides is 2. The van der Waals surface area contributed by atoms with E-state index < -0.39 is 12.1 Å². The van der Waals surface area contributed by atoms with Gasteiger partial charge in [-0.1, -0.05) is 35.0 Å². The molecule has 7 heteroatoms. The van der Waals surface area contributed by atoms with Crippen LogP contribution in [0.25, 0.3) is 0 Å². The highest BCUT2D eigenvalue weighted by atomic mass is 35.5. The highest BCUT2D eigenvalue weighted by molar-refractivity contribution is 6.30. The van der Waals surface area contributed by atoms with Crippen LogP contribution in [0.1, 0.15) is 16.7 Å². The van der Waals surface area contributed by atoms with Crippen LogP contribution in [0.15, 0.2) is 52.8 Å². The molecule has 0 aromatic heterocycles. The Labute approximate surface area is 156 Å². The van der Waals surface area contributed by atoms with E-state index in [9.17, 15) is 9.59 Å². The molecule has 2 atom stereocenters. The predicted molar refractivity (Wildman–Crippen MR) is 97.8 cm³/mol. The number of anilines is 1. The number of hydrogen-bond donors (Lipinski definition) is 0. The SMILES string of the molecule is Cc1ccc(N2C(=O)[C@@H]3N=NN(Cc4cccc(Cl)c4)[C@H]3C2=O)cc1C. The van der Waals surface area contributed by atoms with Gasteiger partial charge in [-0.25, -0.2) is 4.90 Å². The smallest absolute Gasteiger partial charge is 0.263 e. The first-order valence-corrected chi connectivity index (χ1v) is 8.70. The molecule has 0 bridgehead atoms. The largest absolute Gasteiger partial charge is 0.271 e. The molecule has 2 aromatic rings. The lowest BCUT2D eigenvalue weighted by atomic mass is 10.1. The van der Waals surface area contributed by atoms with E-state index in [2.05, 4.69) is 10.3 Å². The Kier molecular flexibility index (Phi) is 4.00. The number of halogens is 1. The Bertz CT molecular complexity index is 943. The van der Waals surface area contributed by atoms with Crippen LogP contribution < -0.4 is 4.90 Å². The maximum atomic E-state index is 13.0. The second-order valence-corrected chi connectivity index (χ2v) is 7.04. The molecular weight excluding hydrogens is 352 g/mol. The van der Waals surface area contributed by atoms with Crippen molar-refractivity contribution < 1.29 is 9.59 Å². The summed E-state index contributed by atoms with van der Waals surface area (Å²) in [5.74, 6) is -0.629. The monoisotopic (exact) mass is 368 g/mol. The van der Waals surface area contributed by atoms with E-state index in [1.54, 1.807) is 17.1 Å².